The highest BCUT2D eigenvalue weighted by atomic mass is 16.4. The third kappa shape index (κ3) is 6.23. The average Bonchev–Trinajstić information content (AvgIpc) is 3.18. The third-order valence-corrected chi connectivity index (χ3v) is 3.66. The highest BCUT2D eigenvalue weighted by molar-refractivity contribution is 5.76. The van der Waals surface area contributed by atoms with Crippen LogP contribution in [0, 0.1) is 0 Å². The van der Waals surface area contributed by atoms with E-state index in [4.69, 9.17) is 5.11 Å². The predicted octanol–water partition coefficient (Wildman–Crippen LogP) is 1.37. The van der Waals surface area contributed by atoms with Gasteiger partial charge in [0.2, 0.25) is 0 Å². The molecule has 0 aromatic carbocycles. The van der Waals surface area contributed by atoms with E-state index in [9.17, 15) is 9.59 Å². The summed E-state index contributed by atoms with van der Waals surface area (Å²) in [6.07, 6.45) is 2.89. The maximum absolute atomic E-state index is 12.0. The molecule has 116 valence electrons. The molecule has 6 nitrogen and oxygen atoms in total. The van der Waals surface area contributed by atoms with Gasteiger partial charge >= 0.3 is 12.0 Å². The molecule has 0 unspecified atom stereocenters. The van der Waals surface area contributed by atoms with E-state index in [0.717, 1.165) is 25.8 Å². The normalized spacial score (nSPS) is 14.7. The molecular formula is C14H27N3O3. The van der Waals surface area contributed by atoms with Crippen molar-refractivity contribution in [3.05, 3.63) is 0 Å². The Morgan fingerprint density at radius 1 is 1.30 bits per heavy atom. The van der Waals surface area contributed by atoms with Crippen LogP contribution >= 0.6 is 0 Å². The summed E-state index contributed by atoms with van der Waals surface area (Å²) in [4.78, 5) is 26.5. The summed E-state index contributed by atoms with van der Waals surface area (Å²) in [6.45, 7) is 6.15. The Kier molecular flexibility index (Phi) is 6.78. The van der Waals surface area contributed by atoms with Crippen molar-refractivity contribution >= 4 is 12.0 Å². The number of hydrogen-bond donors (Lipinski definition) is 2. The summed E-state index contributed by atoms with van der Waals surface area (Å²) in [5.74, 6) is -0.859. The minimum absolute atomic E-state index is 0.0139. The lowest BCUT2D eigenvalue weighted by Gasteiger charge is -2.23. The Balaban J connectivity index is 2.23. The number of carboxylic acid groups (broad SMARTS) is 1. The Morgan fingerprint density at radius 3 is 2.45 bits per heavy atom. The smallest absolute Gasteiger partial charge is 0.317 e. The van der Waals surface area contributed by atoms with Gasteiger partial charge in [0.15, 0.2) is 0 Å². The van der Waals surface area contributed by atoms with Gasteiger partial charge in [0.25, 0.3) is 0 Å². The maximum Gasteiger partial charge on any atom is 0.317 e. The fraction of sp³-hybridized carbons (Fsp3) is 0.857. The zero-order chi connectivity index (χ0) is 15.1. The van der Waals surface area contributed by atoms with E-state index in [1.807, 2.05) is 0 Å². The van der Waals surface area contributed by atoms with Crippen LogP contribution in [0.25, 0.3) is 0 Å². The van der Waals surface area contributed by atoms with Crippen molar-refractivity contribution < 1.29 is 14.7 Å². The quantitative estimate of drug-likeness (QED) is 0.628. The minimum Gasteiger partial charge on any atom is -0.481 e. The van der Waals surface area contributed by atoms with Gasteiger partial charge in [-0.15, -0.1) is 0 Å². The van der Waals surface area contributed by atoms with Crippen molar-refractivity contribution in [1.29, 1.82) is 0 Å². The molecule has 1 aliphatic carbocycles. The summed E-state index contributed by atoms with van der Waals surface area (Å²) in [5, 5.41) is 11.6. The highest BCUT2D eigenvalue weighted by Crippen LogP contribution is 2.26. The molecule has 20 heavy (non-hydrogen) atoms. The lowest BCUT2D eigenvalue weighted by molar-refractivity contribution is -0.137. The Hall–Kier alpha value is -1.30. The van der Waals surface area contributed by atoms with Gasteiger partial charge in [0.1, 0.15) is 0 Å². The van der Waals surface area contributed by atoms with Gasteiger partial charge in [-0.2, -0.15) is 0 Å². The first-order valence-electron chi connectivity index (χ1n) is 7.38. The fourth-order valence-corrected chi connectivity index (χ4v) is 1.94. The number of carboxylic acids is 1. The first-order chi connectivity index (χ1) is 9.41. The molecule has 0 aromatic heterocycles. The van der Waals surface area contributed by atoms with Crippen LogP contribution in [0.1, 0.15) is 39.5 Å². The number of carbonyl (C=O) groups excluding carboxylic acids is 1. The second-order valence-corrected chi connectivity index (χ2v) is 5.73. The van der Waals surface area contributed by atoms with Crippen LogP contribution in [0.5, 0.6) is 0 Å². The molecule has 1 rings (SSSR count). The maximum atomic E-state index is 12.0. The summed E-state index contributed by atoms with van der Waals surface area (Å²) < 4.78 is 0. The van der Waals surface area contributed by atoms with E-state index in [2.05, 4.69) is 31.1 Å². The number of nitrogens with one attached hydrogen (secondary N) is 1. The number of hydrogen-bond acceptors (Lipinski definition) is 3. The van der Waals surface area contributed by atoms with Crippen molar-refractivity contribution in [1.82, 2.24) is 15.1 Å². The Morgan fingerprint density at radius 2 is 1.95 bits per heavy atom. The lowest BCUT2D eigenvalue weighted by atomic mass is 10.3. The Bertz CT molecular complexity index is 330. The molecule has 1 aliphatic rings. The van der Waals surface area contributed by atoms with E-state index in [0.29, 0.717) is 19.1 Å². The molecule has 0 heterocycles. The number of urea groups is 1. The molecular weight excluding hydrogens is 258 g/mol. The van der Waals surface area contributed by atoms with Gasteiger partial charge in [0.05, 0.1) is 6.42 Å². The van der Waals surface area contributed by atoms with Crippen molar-refractivity contribution in [2.45, 2.75) is 51.6 Å². The number of carbonyl (C=O) groups is 2. The molecule has 2 N–H and O–H groups in total. The van der Waals surface area contributed by atoms with Crippen LogP contribution < -0.4 is 5.32 Å². The van der Waals surface area contributed by atoms with Crippen molar-refractivity contribution in [3.63, 3.8) is 0 Å². The molecule has 0 bridgehead atoms. The van der Waals surface area contributed by atoms with Crippen LogP contribution in [-0.4, -0.2) is 65.7 Å². The summed E-state index contributed by atoms with van der Waals surface area (Å²) in [7, 11) is 2.07. The Labute approximate surface area is 121 Å². The van der Waals surface area contributed by atoms with Crippen LogP contribution in [0.4, 0.5) is 4.79 Å². The fourth-order valence-electron chi connectivity index (χ4n) is 1.94. The lowest BCUT2D eigenvalue weighted by Crippen LogP contribution is -2.43. The zero-order valence-corrected chi connectivity index (χ0v) is 12.8. The second-order valence-electron chi connectivity index (χ2n) is 5.73. The standard InChI is InChI=1S/C14H27N3O3/c1-11(2)16(3)9-4-8-15-14(20)17(12-5-6-12)10-7-13(18)19/h11-12H,4-10H2,1-3H3,(H,15,20)(H,18,19). The summed E-state index contributed by atoms with van der Waals surface area (Å²) >= 11 is 0. The van der Waals surface area contributed by atoms with Gasteiger partial charge < -0.3 is 20.2 Å². The van der Waals surface area contributed by atoms with Crippen molar-refractivity contribution in [3.8, 4) is 0 Å². The largest absolute Gasteiger partial charge is 0.481 e. The molecule has 0 aliphatic heterocycles. The number of nitrogens with zero attached hydrogens (tertiary/aromatic N) is 2. The molecule has 2 amide bonds. The first kappa shape index (κ1) is 16.8. The minimum atomic E-state index is -0.859. The van der Waals surface area contributed by atoms with Crippen LogP contribution in [0.3, 0.4) is 0 Å². The van der Waals surface area contributed by atoms with Gasteiger partial charge in [-0.05, 0) is 46.7 Å². The van der Waals surface area contributed by atoms with Crippen LogP contribution in [-0.2, 0) is 4.79 Å². The van der Waals surface area contributed by atoms with Crippen molar-refractivity contribution in [2.24, 2.45) is 0 Å². The van der Waals surface area contributed by atoms with Gasteiger partial charge in [-0.25, -0.2) is 4.79 Å². The monoisotopic (exact) mass is 285 g/mol. The van der Waals surface area contributed by atoms with E-state index >= 15 is 0 Å². The molecule has 6 heteroatoms. The molecule has 0 atom stereocenters. The van der Waals surface area contributed by atoms with E-state index in [1.54, 1.807) is 4.90 Å². The molecule has 0 radical (unpaired) electrons. The number of aliphatic carboxylic acids is 1. The van der Waals surface area contributed by atoms with E-state index in [-0.39, 0.29) is 18.5 Å². The second kappa shape index (κ2) is 8.09. The SMILES string of the molecule is CC(C)N(C)CCCNC(=O)N(CCC(=O)O)C1CC1. The molecule has 0 aromatic rings. The summed E-state index contributed by atoms with van der Waals surface area (Å²) in [6, 6.07) is 0.623. The number of amides is 2. The highest BCUT2D eigenvalue weighted by Gasteiger charge is 2.32. The topological polar surface area (TPSA) is 72.9 Å². The predicted molar refractivity (Wildman–Crippen MR) is 77.8 cm³/mol. The molecule has 1 fully saturated rings. The van der Waals surface area contributed by atoms with Gasteiger partial charge in [-0.1, -0.05) is 0 Å². The average molecular weight is 285 g/mol. The first-order valence-corrected chi connectivity index (χ1v) is 7.38. The van der Waals surface area contributed by atoms with Gasteiger partial charge in [-0.3, -0.25) is 4.79 Å². The van der Waals surface area contributed by atoms with E-state index < -0.39 is 5.97 Å². The van der Waals surface area contributed by atoms with Gasteiger partial charge in [0, 0.05) is 25.2 Å². The molecule has 0 saturated heterocycles. The summed E-state index contributed by atoms with van der Waals surface area (Å²) in [5.41, 5.74) is 0. The molecule has 1 saturated carbocycles. The van der Waals surface area contributed by atoms with Crippen LogP contribution in [0.2, 0.25) is 0 Å². The number of rotatable bonds is 9. The van der Waals surface area contributed by atoms with E-state index in [1.165, 1.54) is 0 Å². The zero-order valence-electron chi connectivity index (χ0n) is 12.8. The third-order valence-electron chi connectivity index (χ3n) is 3.66. The van der Waals surface area contributed by atoms with Crippen molar-refractivity contribution in [2.75, 3.05) is 26.7 Å². The van der Waals surface area contributed by atoms with Crippen LogP contribution in [0.15, 0.2) is 0 Å². The molecule has 0 spiro atoms.